The zero-order valence-electron chi connectivity index (χ0n) is 25.1. The minimum absolute atomic E-state index is 0.0636. The molecule has 44 heavy (non-hydrogen) atoms. The van der Waals surface area contributed by atoms with Gasteiger partial charge in [-0.1, -0.05) is 18.6 Å². The smallest absolute Gasteiger partial charge is 0.390 e. The zero-order chi connectivity index (χ0) is 30.1. The number of carbonyl (C=O) groups is 1. The quantitative estimate of drug-likeness (QED) is 0.498. The van der Waals surface area contributed by atoms with Gasteiger partial charge in [0, 0.05) is 38.8 Å². The van der Waals surface area contributed by atoms with Crippen LogP contribution in [0.3, 0.4) is 0 Å². The number of amides is 1. The van der Waals surface area contributed by atoms with Gasteiger partial charge in [0.25, 0.3) is 0 Å². The summed E-state index contributed by atoms with van der Waals surface area (Å²) in [7, 11) is -3.17. The third-order valence-electron chi connectivity index (χ3n) is 11.1. The molecule has 7 aliphatic rings. The van der Waals surface area contributed by atoms with Crippen molar-refractivity contribution in [2.45, 2.75) is 68.3 Å². The molecule has 6 fully saturated rings. The maximum absolute atomic E-state index is 13.2. The molecule has 2 N–H and O–H groups in total. The number of piperazine rings is 1. The first kappa shape index (κ1) is 28.4. The number of hydrogen-bond donors (Lipinski definition) is 2. The molecule has 4 bridgehead atoms. The number of para-hydroxylation sites is 2. The van der Waals surface area contributed by atoms with Gasteiger partial charge in [-0.05, 0) is 87.0 Å². The lowest BCUT2D eigenvalue weighted by Gasteiger charge is -2.57. The number of rotatable bonds is 6. The summed E-state index contributed by atoms with van der Waals surface area (Å²) in [6, 6.07) is 12.0. The number of aromatic nitrogens is 1. The highest BCUT2D eigenvalue weighted by Gasteiger charge is 2.55. The van der Waals surface area contributed by atoms with Gasteiger partial charge in [-0.15, -0.1) is 0 Å². The van der Waals surface area contributed by atoms with Crippen LogP contribution in [0.25, 0.3) is 0 Å². The number of pyridine rings is 1. The molecule has 5 atom stereocenters. The van der Waals surface area contributed by atoms with Crippen molar-refractivity contribution in [2.75, 3.05) is 54.1 Å². The Balaban J connectivity index is 0.907. The normalized spacial score (nSPS) is 31.9. The summed E-state index contributed by atoms with van der Waals surface area (Å²) >= 11 is 0. The summed E-state index contributed by atoms with van der Waals surface area (Å²) in [5, 5.41) is 15.6. The number of nitrogens with one attached hydrogen (secondary N) is 1. The highest BCUT2D eigenvalue weighted by atomic mass is 32.2. The molecule has 5 aliphatic carbocycles. The maximum atomic E-state index is 13.2. The SMILES string of the molecule is O=C(NC1[C@@H]2CC3C[C@H]1CC(O)(C3)C2)ON1CCN(c2ccc(N3CCN(S(=O)(=O)C4CCC4)CC3)cn2)c2ccccc21. The summed E-state index contributed by atoms with van der Waals surface area (Å²) in [6.07, 6.45) is 8.65. The fourth-order valence-corrected chi connectivity index (χ4v) is 11.0. The van der Waals surface area contributed by atoms with Gasteiger partial charge in [-0.2, -0.15) is 4.31 Å². The van der Waals surface area contributed by atoms with Gasteiger partial charge in [0.1, 0.15) is 5.82 Å². The van der Waals surface area contributed by atoms with Gasteiger partial charge in [0.2, 0.25) is 10.0 Å². The van der Waals surface area contributed by atoms with E-state index in [2.05, 4.69) is 21.2 Å². The molecule has 1 aromatic carbocycles. The van der Waals surface area contributed by atoms with Crippen LogP contribution in [-0.4, -0.2) is 85.1 Å². The second-order valence-electron chi connectivity index (χ2n) is 13.8. The van der Waals surface area contributed by atoms with Gasteiger partial charge in [-0.3, -0.25) is 0 Å². The topological polar surface area (TPSA) is 119 Å². The van der Waals surface area contributed by atoms with Gasteiger partial charge < -0.3 is 25.1 Å². The highest BCUT2D eigenvalue weighted by Crippen LogP contribution is 2.55. The van der Waals surface area contributed by atoms with E-state index in [1.807, 2.05) is 36.5 Å². The van der Waals surface area contributed by atoms with Gasteiger partial charge in [0.15, 0.2) is 0 Å². The number of sulfonamides is 1. The molecular weight excluding hydrogens is 580 g/mol. The van der Waals surface area contributed by atoms with E-state index in [1.54, 1.807) is 9.37 Å². The van der Waals surface area contributed by atoms with E-state index in [9.17, 15) is 18.3 Å². The van der Waals surface area contributed by atoms with Gasteiger partial charge in [0.05, 0.1) is 40.7 Å². The van der Waals surface area contributed by atoms with E-state index in [4.69, 9.17) is 9.82 Å². The fraction of sp³-hybridized carbons (Fsp3) is 0.625. The predicted octanol–water partition coefficient (Wildman–Crippen LogP) is 3.62. The Morgan fingerprint density at radius 2 is 1.66 bits per heavy atom. The van der Waals surface area contributed by atoms with Crippen molar-refractivity contribution in [3.8, 4) is 0 Å². The average Bonchev–Trinajstić information content (AvgIpc) is 2.97. The maximum Gasteiger partial charge on any atom is 0.431 e. The lowest BCUT2D eigenvalue weighted by atomic mass is 9.52. The molecular formula is C32H42N6O5S. The Kier molecular flexibility index (Phi) is 6.95. The summed E-state index contributed by atoms with van der Waals surface area (Å²) < 4.78 is 27.3. The summed E-state index contributed by atoms with van der Waals surface area (Å²) in [4.78, 5) is 28.2. The number of nitrogens with zero attached hydrogens (tertiary/aromatic N) is 5. The van der Waals surface area contributed by atoms with E-state index >= 15 is 0 Å². The van der Waals surface area contributed by atoms with Crippen molar-refractivity contribution in [1.82, 2.24) is 14.6 Å². The zero-order valence-corrected chi connectivity index (χ0v) is 25.9. The molecule has 9 rings (SSSR count). The molecule has 12 heteroatoms. The third-order valence-corrected chi connectivity index (χ3v) is 13.5. The molecule has 2 aromatic rings. The van der Waals surface area contributed by atoms with Crippen LogP contribution in [0.4, 0.5) is 27.7 Å². The molecule has 2 aliphatic heterocycles. The molecule has 1 aromatic heterocycles. The van der Waals surface area contributed by atoms with Crippen molar-refractivity contribution in [1.29, 1.82) is 0 Å². The van der Waals surface area contributed by atoms with Gasteiger partial charge in [-0.25, -0.2) is 23.3 Å². The van der Waals surface area contributed by atoms with Crippen molar-refractivity contribution >= 4 is 39.0 Å². The fourth-order valence-electron chi connectivity index (χ4n) is 8.95. The van der Waals surface area contributed by atoms with E-state index in [1.165, 1.54) is 0 Å². The molecule has 0 radical (unpaired) electrons. The summed E-state index contributed by atoms with van der Waals surface area (Å²) in [5.74, 6) is 2.03. The Morgan fingerprint density at radius 1 is 0.932 bits per heavy atom. The van der Waals surface area contributed by atoms with Crippen molar-refractivity contribution in [3.05, 3.63) is 42.6 Å². The number of benzene rings is 1. The molecule has 3 heterocycles. The predicted molar refractivity (Wildman–Crippen MR) is 167 cm³/mol. The van der Waals surface area contributed by atoms with Crippen molar-refractivity contribution in [2.24, 2.45) is 17.8 Å². The van der Waals surface area contributed by atoms with Crippen LogP contribution in [0, 0.1) is 17.8 Å². The minimum atomic E-state index is -3.17. The molecule has 236 valence electrons. The van der Waals surface area contributed by atoms with Crippen LogP contribution in [0.2, 0.25) is 0 Å². The number of anilines is 4. The summed E-state index contributed by atoms with van der Waals surface area (Å²) in [5.41, 5.74) is 2.17. The van der Waals surface area contributed by atoms with Crippen LogP contribution < -0.4 is 20.2 Å². The Bertz CT molecular complexity index is 1490. The standard InChI is InChI=1S/C32H42N6O5S/c39-31(34-30-23-16-22-17-24(30)20-32(40,18-22)19-23)43-38-15-14-37(27-6-1-2-7-28(27)38)29-9-8-25(21-33-29)35-10-12-36(13-11-35)44(41,42)26-4-3-5-26/h1-2,6-9,21-24,26,30,40H,3-5,10-20H2,(H,34,39)/t22?,23-,24+,30?,32?. The van der Waals surface area contributed by atoms with E-state index < -0.39 is 21.7 Å². The number of carbonyl (C=O) groups excluding carboxylic acids is 1. The molecule has 11 nitrogen and oxygen atoms in total. The van der Waals surface area contributed by atoms with E-state index in [0.717, 1.165) is 74.2 Å². The van der Waals surface area contributed by atoms with Crippen LogP contribution >= 0.6 is 0 Å². The highest BCUT2D eigenvalue weighted by molar-refractivity contribution is 7.89. The number of aliphatic hydroxyl groups is 1. The van der Waals surface area contributed by atoms with Crippen LogP contribution in [-0.2, 0) is 14.9 Å². The Hall–Kier alpha value is -3.09. The number of fused-ring (bicyclic) bond motifs is 1. The molecule has 0 spiro atoms. The average molecular weight is 623 g/mol. The number of hydrogen-bond acceptors (Lipinski definition) is 9. The third kappa shape index (κ3) is 4.99. The molecule has 1 amide bonds. The first-order chi connectivity index (χ1) is 21.3. The molecule has 3 unspecified atom stereocenters. The van der Waals surface area contributed by atoms with E-state index in [0.29, 0.717) is 57.0 Å². The number of hydroxylamine groups is 1. The van der Waals surface area contributed by atoms with Crippen molar-refractivity contribution in [3.63, 3.8) is 0 Å². The Labute approximate surface area is 259 Å². The first-order valence-corrected chi connectivity index (χ1v) is 17.8. The van der Waals surface area contributed by atoms with E-state index in [-0.39, 0.29) is 11.3 Å². The molecule has 1 saturated heterocycles. The minimum Gasteiger partial charge on any atom is -0.390 e. The van der Waals surface area contributed by atoms with Crippen LogP contribution in [0.1, 0.15) is 51.4 Å². The lowest BCUT2D eigenvalue weighted by molar-refractivity contribution is -0.137. The Morgan fingerprint density at radius 3 is 2.30 bits per heavy atom. The van der Waals surface area contributed by atoms with Crippen LogP contribution in [0.15, 0.2) is 42.6 Å². The second-order valence-corrected chi connectivity index (χ2v) is 16.1. The monoisotopic (exact) mass is 622 g/mol. The van der Waals surface area contributed by atoms with Crippen LogP contribution in [0.5, 0.6) is 0 Å². The largest absolute Gasteiger partial charge is 0.431 e. The molecule has 5 saturated carbocycles. The van der Waals surface area contributed by atoms with Crippen molar-refractivity contribution < 1.29 is 23.2 Å². The lowest BCUT2D eigenvalue weighted by Crippen LogP contribution is -2.62. The van der Waals surface area contributed by atoms with Gasteiger partial charge >= 0.3 is 6.09 Å². The first-order valence-electron chi connectivity index (χ1n) is 16.3. The summed E-state index contributed by atoms with van der Waals surface area (Å²) in [6.45, 7) is 3.40. The second kappa shape index (κ2) is 10.8.